The van der Waals surface area contributed by atoms with Gasteiger partial charge < -0.3 is 5.32 Å². The van der Waals surface area contributed by atoms with Gasteiger partial charge in [-0.3, -0.25) is 0 Å². The van der Waals surface area contributed by atoms with E-state index < -0.39 is 0 Å². The van der Waals surface area contributed by atoms with Crippen molar-refractivity contribution in [2.75, 3.05) is 5.32 Å². The molecule has 2 rings (SSSR count). The zero-order valence-electron chi connectivity index (χ0n) is 9.99. The van der Waals surface area contributed by atoms with Crippen molar-refractivity contribution in [3.8, 4) is 0 Å². The Hall–Kier alpha value is -1.13. The first-order valence-electron chi connectivity index (χ1n) is 5.38. The first-order valence-corrected chi connectivity index (χ1v) is 6.57. The second-order valence-electron chi connectivity index (χ2n) is 3.95. The van der Waals surface area contributed by atoms with E-state index in [9.17, 15) is 0 Å². The minimum atomic E-state index is 0.221. The van der Waals surface area contributed by atoms with Crippen LogP contribution in [0.3, 0.4) is 0 Å². The standard InChI is InChI=1S/C12H14ClN3S/c1-7-4-5-10(17-7)9(3)16-12-8(2)11(13)14-6-15-12/h4-6,9H,1-3H3,(H,14,15,16). The minimum absolute atomic E-state index is 0.221. The summed E-state index contributed by atoms with van der Waals surface area (Å²) in [7, 11) is 0. The first kappa shape index (κ1) is 12.3. The molecule has 90 valence electrons. The molecule has 0 aliphatic heterocycles. The number of hydrogen-bond acceptors (Lipinski definition) is 4. The summed E-state index contributed by atoms with van der Waals surface area (Å²) < 4.78 is 0. The Balaban J connectivity index is 2.18. The molecule has 1 unspecified atom stereocenters. The van der Waals surface area contributed by atoms with E-state index in [1.807, 2.05) is 6.92 Å². The van der Waals surface area contributed by atoms with Gasteiger partial charge in [0.05, 0.1) is 6.04 Å². The number of rotatable bonds is 3. The van der Waals surface area contributed by atoms with Crippen molar-refractivity contribution in [1.29, 1.82) is 0 Å². The van der Waals surface area contributed by atoms with Crippen LogP contribution in [0, 0.1) is 13.8 Å². The van der Waals surface area contributed by atoms with Crippen molar-refractivity contribution >= 4 is 28.8 Å². The lowest BCUT2D eigenvalue weighted by Gasteiger charge is -2.14. The molecule has 0 aliphatic rings. The molecule has 0 saturated heterocycles. The van der Waals surface area contributed by atoms with Crippen molar-refractivity contribution in [1.82, 2.24) is 9.97 Å². The topological polar surface area (TPSA) is 37.8 Å². The third-order valence-electron chi connectivity index (χ3n) is 2.56. The summed E-state index contributed by atoms with van der Waals surface area (Å²) in [5, 5.41) is 3.85. The van der Waals surface area contributed by atoms with E-state index in [0.29, 0.717) is 5.15 Å². The predicted molar refractivity (Wildman–Crippen MR) is 72.9 cm³/mol. The molecule has 0 saturated carbocycles. The number of aryl methyl sites for hydroxylation is 1. The Morgan fingerprint density at radius 2 is 2.06 bits per heavy atom. The molecule has 2 aromatic heterocycles. The van der Waals surface area contributed by atoms with Crippen LogP contribution in [0.25, 0.3) is 0 Å². The van der Waals surface area contributed by atoms with Crippen LogP contribution < -0.4 is 5.32 Å². The van der Waals surface area contributed by atoms with Crippen molar-refractivity contribution in [2.45, 2.75) is 26.8 Å². The van der Waals surface area contributed by atoms with Crippen LogP contribution in [0.5, 0.6) is 0 Å². The van der Waals surface area contributed by atoms with Gasteiger partial charge in [-0.05, 0) is 32.9 Å². The number of thiophene rings is 1. The maximum absolute atomic E-state index is 5.96. The van der Waals surface area contributed by atoms with Gasteiger partial charge in [0.25, 0.3) is 0 Å². The van der Waals surface area contributed by atoms with Crippen molar-refractivity contribution < 1.29 is 0 Å². The van der Waals surface area contributed by atoms with E-state index in [1.54, 1.807) is 11.3 Å². The van der Waals surface area contributed by atoms with Crippen LogP contribution in [0.4, 0.5) is 5.82 Å². The molecular weight excluding hydrogens is 254 g/mol. The third kappa shape index (κ3) is 2.76. The fourth-order valence-electron chi connectivity index (χ4n) is 1.54. The fraction of sp³-hybridized carbons (Fsp3) is 0.333. The molecule has 0 amide bonds. The normalized spacial score (nSPS) is 12.5. The van der Waals surface area contributed by atoms with Crippen LogP contribution >= 0.6 is 22.9 Å². The van der Waals surface area contributed by atoms with Gasteiger partial charge >= 0.3 is 0 Å². The summed E-state index contributed by atoms with van der Waals surface area (Å²) >= 11 is 7.75. The number of aromatic nitrogens is 2. The number of hydrogen-bond donors (Lipinski definition) is 1. The molecule has 0 radical (unpaired) electrons. The van der Waals surface area contributed by atoms with Gasteiger partial charge in [0, 0.05) is 15.3 Å². The van der Waals surface area contributed by atoms with Gasteiger partial charge in [-0.15, -0.1) is 11.3 Å². The van der Waals surface area contributed by atoms with Crippen molar-refractivity contribution in [3.05, 3.63) is 38.9 Å². The van der Waals surface area contributed by atoms with Crippen LogP contribution in [-0.2, 0) is 0 Å². The van der Waals surface area contributed by atoms with E-state index in [-0.39, 0.29) is 6.04 Å². The number of nitrogens with zero attached hydrogens (tertiary/aromatic N) is 2. The zero-order valence-corrected chi connectivity index (χ0v) is 11.6. The molecule has 2 aromatic rings. The lowest BCUT2D eigenvalue weighted by atomic mass is 10.2. The SMILES string of the molecule is Cc1ccc(C(C)Nc2ncnc(Cl)c2C)s1. The van der Waals surface area contributed by atoms with Gasteiger partial charge in [0.15, 0.2) is 0 Å². The Labute approximate surface area is 110 Å². The zero-order chi connectivity index (χ0) is 12.4. The van der Waals surface area contributed by atoms with E-state index in [4.69, 9.17) is 11.6 Å². The predicted octanol–water partition coefficient (Wildman–Crippen LogP) is 3.98. The number of nitrogens with one attached hydrogen (secondary N) is 1. The Morgan fingerprint density at radius 3 is 2.71 bits per heavy atom. The summed E-state index contributed by atoms with van der Waals surface area (Å²) in [4.78, 5) is 10.7. The molecule has 0 fully saturated rings. The summed E-state index contributed by atoms with van der Waals surface area (Å²) in [6.45, 7) is 6.13. The van der Waals surface area contributed by atoms with E-state index in [2.05, 4.69) is 41.3 Å². The van der Waals surface area contributed by atoms with Crippen molar-refractivity contribution in [2.24, 2.45) is 0 Å². The Kier molecular flexibility index (Phi) is 3.64. The van der Waals surface area contributed by atoms with Gasteiger partial charge in [-0.1, -0.05) is 11.6 Å². The summed E-state index contributed by atoms with van der Waals surface area (Å²) in [6, 6.07) is 4.48. The van der Waals surface area contributed by atoms with E-state index >= 15 is 0 Å². The van der Waals surface area contributed by atoms with Gasteiger partial charge in [0.2, 0.25) is 0 Å². The van der Waals surface area contributed by atoms with Gasteiger partial charge in [0.1, 0.15) is 17.3 Å². The largest absolute Gasteiger partial charge is 0.362 e. The Morgan fingerprint density at radius 1 is 1.29 bits per heavy atom. The highest BCUT2D eigenvalue weighted by Crippen LogP contribution is 2.27. The van der Waals surface area contributed by atoms with Crippen LogP contribution in [0.2, 0.25) is 5.15 Å². The second-order valence-corrected chi connectivity index (χ2v) is 5.63. The summed E-state index contributed by atoms with van der Waals surface area (Å²) in [5.41, 5.74) is 0.884. The molecule has 1 N–H and O–H groups in total. The average molecular weight is 268 g/mol. The smallest absolute Gasteiger partial charge is 0.137 e. The first-order chi connectivity index (χ1) is 8.08. The van der Waals surface area contributed by atoms with Crippen molar-refractivity contribution in [3.63, 3.8) is 0 Å². The molecule has 0 aliphatic carbocycles. The number of anilines is 1. The highest BCUT2D eigenvalue weighted by molar-refractivity contribution is 7.12. The molecular formula is C12H14ClN3S. The maximum atomic E-state index is 5.96. The molecule has 5 heteroatoms. The lowest BCUT2D eigenvalue weighted by Crippen LogP contribution is -2.08. The molecule has 1 atom stereocenters. The summed E-state index contributed by atoms with van der Waals surface area (Å²) in [6.07, 6.45) is 1.48. The minimum Gasteiger partial charge on any atom is -0.362 e. The maximum Gasteiger partial charge on any atom is 0.137 e. The van der Waals surface area contributed by atoms with Gasteiger partial charge in [-0.25, -0.2) is 9.97 Å². The fourth-order valence-corrected chi connectivity index (χ4v) is 2.55. The van der Waals surface area contributed by atoms with Crippen LogP contribution in [-0.4, -0.2) is 9.97 Å². The van der Waals surface area contributed by atoms with Crippen LogP contribution in [0.15, 0.2) is 18.5 Å². The molecule has 0 aromatic carbocycles. The molecule has 0 bridgehead atoms. The Bertz CT molecular complexity index is 524. The molecule has 0 spiro atoms. The lowest BCUT2D eigenvalue weighted by molar-refractivity contribution is 0.888. The monoisotopic (exact) mass is 267 g/mol. The molecule has 2 heterocycles. The van der Waals surface area contributed by atoms with Crippen LogP contribution in [0.1, 0.15) is 28.3 Å². The summed E-state index contributed by atoms with van der Waals surface area (Å²) in [5.74, 6) is 0.795. The average Bonchev–Trinajstić information content (AvgIpc) is 2.72. The molecule has 3 nitrogen and oxygen atoms in total. The highest BCUT2D eigenvalue weighted by atomic mass is 35.5. The van der Waals surface area contributed by atoms with Gasteiger partial charge in [-0.2, -0.15) is 0 Å². The van der Waals surface area contributed by atoms with E-state index in [0.717, 1.165) is 11.4 Å². The molecule has 17 heavy (non-hydrogen) atoms. The second kappa shape index (κ2) is 5.02. The van der Waals surface area contributed by atoms with E-state index in [1.165, 1.54) is 16.1 Å². The quantitative estimate of drug-likeness (QED) is 0.855. The number of halogens is 1. The highest BCUT2D eigenvalue weighted by Gasteiger charge is 2.11. The third-order valence-corrected chi connectivity index (χ3v) is 4.13.